The molecule has 14 heavy (non-hydrogen) atoms. The van der Waals surface area contributed by atoms with Crippen molar-refractivity contribution >= 4 is 21.8 Å². The third kappa shape index (κ3) is 2.12. The van der Waals surface area contributed by atoms with Crippen LogP contribution in [-0.4, -0.2) is 12.5 Å². The summed E-state index contributed by atoms with van der Waals surface area (Å²) in [6, 6.07) is 3.30. The van der Waals surface area contributed by atoms with Crippen LogP contribution in [0, 0.1) is 18.2 Å². The van der Waals surface area contributed by atoms with E-state index >= 15 is 0 Å². The van der Waals surface area contributed by atoms with Crippen molar-refractivity contribution in [3.8, 4) is 0 Å². The lowest BCUT2D eigenvalue weighted by Crippen LogP contribution is -2.08. The molecule has 1 rings (SSSR count). The Bertz CT molecular complexity index is 365. The van der Waals surface area contributed by atoms with Crippen molar-refractivity contribution in [3.05, 3.63) is 33.5 Å². The number of hydrogen-bond acceptors (Lipinski definition) is 2. The van der Waals surface area contributed by atoms with Gasteiger partial charge in [-0.3, -0.25) is 5.41 Å². The largest absolute Gasteiger partial charge is 0.478 e. The fourth-order valence-electron chi connectivity index (χ4n) is 1.04. The van der Waals surface area contributed by atoms with Crippen LogP contribution in [0.25, 0.3) is 0 Å². The standard InChI is InChI=1S/C10H11BrFNO/c1-3-14-10(13)7-5-4-6(2)8(11)9(7)12/h4-5,13H,3H2,1-2H3. The monoisotopic (exact) mass is 259 g/mol. The molecule has 0 aliphatic heterocycles. The topological polar surface area (TPSA) is 33.1 Å². The fraction of sp³-hybridized carbons (Fsp3) is 0.300. The summed E-state index contributed by atoms with van der Waals surface area (Å²) < 4.78 is 18.9. The van der Waals surface area contributed by atoms with Gasteiger partial charge in [0.2, 0.25) is 5.90 Å². The highest BCUT2D eigenvalue weighted by molar-refractivity contribution is 9.10. The van der Waals surface area contributed by atoms with Gasteiger partial charge in [-0.05, 0) is 41.4 Å². The summed E-state index contributed by atoms with van der Waals surface area (Å²) in [7, 11) is 0. The Labute approximate surface area is 90.7 Å². The summed E-state index contributed by atoms with van der Waals surface area (Å²) in [5, 5.41) is 7.45. The Kier molecular flexibility index (Phi) is 3.63. The molecule has 0 atom stereocenters. The minimum Gasteiger partial charge on any atom is -0.478 e. The molecule has 0 spiro atoms. The van der Waals surface area contributed by atoms with Gasteiger partial charge < -0.3 is 4.74 Å². The van der Waals surface area contributed by atoms with E-state index in [1.807, 2.05) is 0 Å². The number of hydrogen-bond donors (Lipinski definition) is 1. The fourth-order valence-corrected chi connectivity index (χ4v) is 1.39. The molecule has 4 heteroatoms. The summed E-state index contributed by atoms with van der Waals surface area (Å²) >= 11 is 3.12. The van der Waals surface area contributed by atoms with E-state index in [0.29, 0.717) is 11.1 Å². The Morgan fingerprint density at radius 1 is 1.57 bits per heavy atom. The zero-order valence-electron chi connectivity index (χ0n) is 8.03. The van der Waals surface area contributed by atoms with Crippen LogP contribution in [0.15, 0.2) is 16.6 Å². The molecule has 1 aromatic rings. The number of nitrogens with one attached hydrogen (secondary N) is 1. The van der Waals surface area contributed by atoms with Gasteiger partial charge in [0.05, 0.1) is 16.6 Å². The minimum absolute atomic E-state index is 0.134. The van der Waals surface area contributed by atoms with Gasteiger partial charge in [0.15, 0.2) is 0 Å². The van der Waals surface area contributed by atoms with E-state index in [1.165, 1.54) is 0 Å². The zero-order chi connectivity index (χ0) is 10.7. The molecule has 0 saturated carbocycles. The quantitative estimate of drug-likeness (QED) is 0.642. The van der Waals surface area contributed by atoms with Crippen LogP contribution in [0.2, 0.25) is 0 Å². The van der Waals surface area contributed by atoms with Crippen LogP contribution in [0.1, 0.15) is 18.1 Å². The van der Waals surface area contributed by atoms with Gasteiger partial charge in [-0.25, -0.2) is 4.39 Å². The van der Waals surface area contributed by atoms with Crippen LogP contribution in [0.5, 0.6) is 0 Å². The van der Waals surface area contributed by atoms with Gasteiger partial charge in [-0.15, -0.1) is 0 Å². The molecular weight excluding hydrogens is 249 g/mol. The first-order valence-electron chi connectivity index (χ1n) is 4.24. The third-order valence-electron chi connectivity index (χ3n) is 1.81. The maximum absolute atomic E-state index is 13.6. The maximum atomic E-state index is 13.6. The normalized spacial score (nSPS) is 10.0. The van der Waals surface area contributed by atoms with Crippen LogP contribution in [0.3, 0.4) is 0 Å². The first-order valence-corrected chi connectivity index (χ1v) is 5.03. The van der Waals surface area contributed by atoms with Gasteiger partial charge in [0.1, 0.15) is 5.82 Å². The van der Waals surface area contributed by atoms with Crippen molar-refractivity contribution in [1.82, 2.24) is 0 Å². The van der Waals surface area contributed by atoms with E-state index < -0.39 is 5.82 Å². The summed E-state index contributed by atoms with van der Waals surface area (Å²) in [4.78, 5) is 0. The second-order valence-corrected chi connectivity index (χ2v) is 3.61. The number of aryl methyl sites for hydroxylation is 1. The number of halogens is 2. The average molecular weight is 260 g/mol. The molecule has 2 nitrogen and oxygen atoms in total. The number of ether oxygens (including phenoxy) is 1. The molecule has 0 unspecified atom stereocenters. The van der Waals surface area contributed by atoms with Gasteiger partial charge in [0.25, 0.3) is 0 Å². The van der Waals surface area contributed by atoms with Crippen molar-refractivity contribution < 1.29 is 9.13 Å². The van der Waals surface area contributed by atoms with E-state index in [0.717, 1.165) is 5.56 Å². The number of rotatable bonds is 2. The van der Waals surface area contributed by atoms with E-state index in [-0.39, 0.29) is 11.5 Å². The third-order valence-corrected chi connectivity index (χ3v) is 2.78. The van der Waals surface area contributed by atoms with Crippen molar-refractivity contribution in [2.45, 2.75) is 13.8 Å². The molecule has 0 saturated heterocycles. The van der Waals surface area contributed by atoms with Crippen molar-refractivity contribution in [1.29, 1.82) is 5.41 Å². The van der Waals surface area contributed by atoms with Crippen LogP contribution in [-0.2, 0) is 4.74 Å². The van der Waals surface area contributed by atoms with Crippen LogP contribution >= 0.6 is 15.9 Å². The molecule has 0 heterocycles. The Morgan fingerprint density at radius 2 is 2.21 bits per heavy atom. The second-order valence-electron chi connectivity index (χ2n) is 2.82. The van der Waals surface area contributed by atoms with Crippen molar-refractivity contribution in [2.75, 3.05) is 6.61 Å². The van der Waals surface area contributed by atoms with Gasteiger partial charge in [-0.1, -0.05) is 6.07 Å². The molecule has 1 N–H and O–H groups in total. The molecule has 0 aromatic heterocycles. The molecule has 0 aliphatic rings. The molecule has 0 amide bonds. The Hall–Kier alpha value is -0.900. The average Bonchev–Trinajstić information content (AvgIpc) is 2.15. The Morgan fingerprint density at radius 3 is 2.79 bits per heavy atom. The Balaban J connectivity index is 3.11. The van der Waals surface area contributed by atoms with E-state index in [2.05, 4.69) is 15.9 Å². The molecule has 0 aliphatic carbocycles. The summed E-state index contributed by atoms with van der Waals surface area (Å²) in [6.45, 7) is 3.92. The minimum atomic E-state index is -0.441. The number of benzene rings is 1. The lowest BCUT2D eigenvalue weighted by atomic mass is 10.1. The lowest BCUT2D eigenvalue weighted by molar-refractivity contribution is 0.324. The molecule has 76 valence electrons. The lowest BCUT2D eigenvalue weighted by Gasteiger charge is -2.08. The summed E-state index contributed by atoms with van der Waals surface area (Å²) in [5.74, 6) is -0.575. The molecule has 0 fully saturated rings. The predicted molar refractivity (Wildman–Crippen MR) is 57.3 cm³/mol. The van der Waals surface area contributed by atoms with Crippen molar-refractivity contribution in [2.24, 2.45) is 0 Å². The first kappa shape index (κ1) is 11.2. The smallest absolute Gasteiger partial charge is 0.216 e. The first-order chi connectivity index (χ1) is 6.57. The highest BCUT2D eigenvalue weighted by atomic mass is 79.9. The molecule has 0 bridgehead atoms. The summed E-state index contributed by atoms with van der Waals surface area (Å²) in [5.41, 5.74) is 0.986. The van der Waals surface area contributed by atoms with Crippen LogP contribution in [0.4, 0.5) is 4.39 Å². The van der Waals surface area contributed by atoms with E-state index in [9.17, 15) is 4.39 Å². The van der Waals surface area contributed by atoms with Crippen LogP contribution < -0.4 is 0 Å². The highest BCUT2D eigenvalue weighted by Gasteiger charge is 2.13. The van der Waals surface area contributed by atoms with Gasteiger partial charge in [0, 0.05) is 0 Å². The van der Waals surface area contributed by atoms with E-state index in [1.54, 1.807) is 26.0 Å². The highest BCUT2D eigenvalue weighted by Crippen LogP contribution is 2.23. The zero-order valence-corrected chi connectivity index (χ0v) is 9.61. The maximum Gasteiger partial charge on any atom is 0.216 e. The van der Waals surface area contributed by atoms with Gasteiger partial charge >= 0.3 is 0 Å². The van der Waals surface area contributed by atoms with E-state index in [4.69, 9.17) is 10.1 Å². The molecule has 0 radical (unpaired) electrons. The second kappa shape index (κ2) is 4.55. The van der Waals surface area contributed by atoms with Gasteiger partial charge in [-0.2, -0.15) is 0 Å². The predicted octanol–water partition coefficient (Wildman–Crippen LogP) is 3.26. The summed E-state index contributed by atoms with van der Waals surface area (Å²) in [6.07, 6.45) is 0. The molecular formula is C10H11BrFNO. The molecule has 1 aromatic carbocycles. The van der Waals surface area contributed by atoms with Crippen molar-refractivity contribution in [3.63, 3.8) is 0 Å². The SMILES string of the molecule is CCOC(=N)c1ccc(C)c(Br)c1F.